The summed E-state index contributed by atoms with van der Waals surface area (Å²) in [5.74, 6) is 0.318. The van der Waals surface area contributed by atoms with Crippen LogP contribution in [0.2, 0.25) is 0 Å². The number of carbonyl (C=O) groups is 1. The first-order chi connectivity index (χ1) is 14.7. The van der Waals surface area contributed by atoms with E-state index in [0.717, 1.165) is 32.7 Å². The number of hydrogen-bond donors (Lipinski definition) is 0. The minimum Gasteiger partial charge on any atom is -0.425 e. The summed E-state index contributed by atoms with van der Waals surface area (Å²) in [4.78, 5) is 12.1. The monoisotopic (exact) mass is 386 g/mol. The Bertz CT molecular complexity index is 1530. The van der Waals surface area contributed by atoms with Gasteiger partial charge in [-0.3, -0.25) is 4.79 Å². The van der Waals surface area contributed by atoms with Crippen molar-refractivity contribution in [1.82, 2.24) is 0 Å². The zero-order valence-electron chi connectivity index (χ0n) is 16.5. The van der Waals surface area contributed by atoms with E-state index in [-0.39, 0.29) is 5.97 Å². The molecular weight excluding hydrogens is 368 g/mol. The van der Waals surface area contributed by atoms with Crippen LogP contribution in [0.4, 0.5) is 0 Å². The zero-order valence-corrected chi connectivity index (χ0v) is 16.5. The summed E-state index contributed by atoms with van der Waals surface area (Å²) in [6, 6.07) is 29.3. The van der Waals surface area contributed by atoms with Crippen molar-refractivity contribution in [3.8, 4) is 5.75 Å². The first-order valence-electron chi connectivity index (χ1n) is 10.1. The molecule has 0 spiro atoms. The molecule has 0 aromatic heterocycles. The molecule has 5 aromatic carbocycles. The van der Waals surface area contributed by atoms with Gasteiger partial charge in [0.15, 0.2) is 0 Å². The molecule has 0 atom stereocenters. The van der Waals surface area contributed by atoms with Crippen LogP contribution in [0.25, 0.3) is 44.0 Å². The number of hydrogen-bond acceptors (Lipinski definition) is 2. The van der Waals surface area contributed by atoms with Crippen molar-refractivity contribution >= 4 is 49.9 Å². The van der Waals surface area contributed by atoms with Crippen molar-refractivity contribution in [3.05, 3.63) is 102 Å². The summed E-state index contributed by atoms with van der Waals surface area (Å²) in [7, 11) is 0. The van der Waals surface area contributed by atoms with Crippen LogP contribution < -0.4 is 4.74 Å². The molecule has 2 heteroatoms. The summed E-state index contributed by atoms with van der Waals surface area (Å²) in [5, 5.41) is 6.75. The molecule has 5 aromatic rings. The number of rotatable bonds is 2. The first kappa shape index (κ1) is 17.0. The number of ether oxygens (including phenoxy) is 1. The van der Waals surface area contributed by atoms with Gasteiger partial charge < -0.3 is 4.74 Å². The predicted octanol–water partition coefficient (Wildman–Crippen LogP) is 6.97. The summed E-state index contributed by atoms with van der Waals surface area (Å²) < 4.78 is 5.89. The van der Waals surface area contributed by atoms with E-state index in [2.05, 4.69) is 66.7 Å². The Labute approximate surface area is 174 Å². The number of fused-ring (bicyclic) bond motifs is 3. The topological polar surface area (TPSA) is 26.3 Å². The average Bonchev–Trinajstić information content (AvgIpc) is 3.14. The van der Waals surface area contributed by atoms with Crippen LogP contribution in [0, 0.1) is 0 Å². The molecule has 0 heterocycles. The Morgan fingerprint density at radius 1 is 0.700 bits per heavy atom. The van der Waals surface area contributed by atoms with E-state index in [1.165, 1.54) is 28.8 Å². The third-order valence-corrected chi connectivity index (χ3v) is 5.93. The second-order valence-corrected chi connectivity index (χ2v) is 7.70. The summed E-state index contributed by atoms with van der Waals surface area (Å²) in [6.45, 7) is 1.46. The van der Waals surface area contributed by atoms with Crippen molar-refractivity contribution < 1.29 is 9.53 Å². The molecule has 0 unspecified atom stereocenters. The molecule has 0 aliphatic heterocycles. The normalized spacial score (nSPS) is 12.5. The van der Waals surface area contributed by atoms with Gasteiger partial charge >= 0.3 is 5.97 Å². The molecular formula is C28H18O2. The fourth-order valence-corrected chi connectivity index (χ4v) is 4.78. The van der Waals surface area contributed by atoms with Crippen molar-refractivity contribution in [3.63, 3.8) is 0 Å². The van der Waals surface area contributed by atoms with Gasteiger partial charge in [0.2, 0.25) is 0 Å². The SMILES string of the molecule is CC(=O)Oc1c(C2=Cc3cccc4cccc2c34)c2ccccc2c2ccccc12. The van der Waals surface area contributed by atoms with Gasteiger partial charge in [0, 0.05) is 17.9 Å². The van der Waals surface area contributed by atoms with Gasteiger partial charge in [-0.1, -0.05) is 84.9 Å². The second-order valence-electron chi connectivity index (χ2n) is 7.70. The smallest absolute Gasteiger partial charge is 0.308 e. The highest BCUT2D eigenvalue weighted by Gasteiger charge is 2.25. The summed E-state index contributed by atoms with van der Waals surface area (Å²) in [6.07, 6.45) is 2.22. The van der Waals surface area contributed by atoms with Gasteiger partial charge in [0.1, 0.15) is 5.75 Å². The quantitative estimate of drug-likeness (QED) is 0.182. The lowest BCUT2D eigenvalue weighted by molar-refractivity contribution is -0.131. The molecule has 6 rings (SSSR count). The molecule has 0 radical (unpaired) electrons. The molecule has 1 aliphatic carbocycles. The Hall–Kier alpha value is -3.91. The second kappa shape index (κ2) is 6.30. The number of benzene rings is 5. The fraction of sp³-hybridized carbons (Fsp3) is 0.0357. The Morgan fingerprint density at radius 3 is 2.07 bits per heavy atom. The van der Waals surface area contributed by atoms with Crippen LogP contribution in [0.5, 0.6) is 5.75 Å². The van der Waals surface area contributed by atoms with Crippen LogP contribution in [-0.4, -0.2) is 5.97 Å². The first-order valence-corrected chi connectivity index (χ1v) is 10.1. The maximum atomic E-state index is 12.1. The molecule has 0 fully saturated rings. The van der Waals surface area contributed by atoms with Gasteiger partial charge in [-0.15, -0.1) is 0 Å². The van der Waals surface area contributed by atoms with Crippen molar-refractivity contribution in [1.29, 1.82) is 0 Å². The van der Waals surface area contributed by atoms with E-state index >= 15 is 0 Å². The van der Waals surface area contributed by atoms with Gasteiger partial charge in [0.25, 0.3) is 0 Å². The van der Waals surface area contributed by atoms with E-state index in [9.17, 15) is 4.79 Å². The zero-order chi connectivity index (χ0) is 20.2. The van der Waals surface area contributed by atoms with E-state index in [1.54, 1.807) is 0 Å². The maximum Gasteiger partial charge on any atom is 0.308 e. The predicted molar refractivity (Wildman–Crippen MR) is 124 cm³/mol. The molecule has 0 amide bonds. The lowest BCUT2D eigenvalue weighted by atomic mass is 9.89. The van der Waals surface area contributed by atoms with E-state index in [4.69, 9.17) is 4.74 Å². The third-order valence-electron chi connectivity index (χ3n) is 5.93. The van der Waals surface area contributed by atoms with Crippen molar-refractivity contribution in [2.45, 2.75) is 6.92 Å². The molecule has 0 bridgehead atoms. The largest absolute Gasteiger partial charge is 0.425 e. The fourth-order valence-electron chi connectivity index (χ4n) is 4.78. The van der Waals surface area contributed by atoms with Gasteiger partial charge in [0.05, 0.1) is 0 Å². The lowest BCUT2D eigenvalue weighted by Gasteiger charge is -2.18. The Morgan fingerprint density at radius 2 is 1.33 bits per heavy atom. The highest BCUT2D eigenvalue weighted by atomic mass is 16.5. The van der Waals surface area contributed by atoms with Crippen LogP contribution in [0.15, 0.2) is 84.9 Å². The number of esters is 1. The van der Waals surface area contributed by atoms with Crippen LogP contribution in [0.1, 0.15) is 23.6 Å². The minimum atomic E-state index is -0.314. The molecule has 2 nitrogen and oxygen atoms in total. The van der Waals surface area contributed by atoms with Gasteiger partial charge in [-0.05, 0) is 49.7 Å². The van der Waals surface area contributed by atoms with Crippen LogP contribution >= 0.6 is 0 Å². The molecule has 0 N–H and O–H groups in total. The van der Waals surface area contributed by atoms with Crippen LogP contribution in [-0.2, 0) is 4.79 Å². The molecule has 0 saturated carbocycles. The summed E-state index contributed by atoms with van der Waals surface area (Å²) >= 11 is 0. The highest BCUT2D eigenvalue weighted by molar-refractivity contribution is 6.22. The number of carbonyl (C=O) groups excluding carboxylic acids is 1. The van der Waals surface area contributed by atoms with Crippen LogP contribution in [0.3, 0.4) is 0 Å². The Kier molecular flexibility index (Phi) is 3.57. The average molecular weight is 386 g/mol. The third kappa shape index (κ3) is 2.34. The summed E-state index contributed by atoms with van der Waals surface area (Å²) in [5.41, 5.74) is 4.45. The minimum absolute atomic E-state index is 0.314. The van der Waals surface area contributed by atoms with Crippen molar-refractivity contribution in [2.75, 3.05) is 0 Å². The molecule has 142 valence electrons. The lowest BCUT2D eigenvalue weighted by Crippen LogP contribution is -2.05. The van der Waals surface area contributed by atoms with E-state index in [0.29, 0.717) is 5.75 Å². The van der Waals surface area contributed by atoms with E-state index in [1.807, 2.05) is 24.3 Å². The molecule has 0 saturated heterocycles. The molecule has 1 aliphatic rings. The van der Waals surface area contributed by atoms with Crippen molar-refractivity contribution in [2.24, 2.45) is 0 Å². The molecule has 30 heavy (non-hydrogen) atoms. The highest BCUT2D eigenvalue weighted by Crippen LogP contribution is 2.48. The maximum absolute atomic E-state index is 12.1. The standard InChI is InChI=1S/C28H18O2/c1-17(29)30-28-24-14-5-3-12-21(24)20-11-2-4-13-22(20)27(28)25-16-19-10-6-8-18-9-7-15-23(25)26(18)19/h2-16H,1H3. The van der Waals surface area contributed by atoms with Gasteiger partial charge in [-0.25, -0.2) is 0 Å². The Balaban J connectivity index is 1.79. The van der Waals surface area contributed by atoms with E-state index < -0.39 is 0 Å². The van der Waals surface area contributed by atoms with Gasteiger partial charge in [-0.2, -0.15) is 0 Å².